The Morgan fingerprint density at radius 2 is 1.74 bits per heavy atom. The van der Waals surface area contributed by atoms with Gasteiger partial charge in [0.1, 0.15) is 5.75 Å². The lowest BCUT2D eigenvalue weighted by atomic mass is 10.0. The number of benzene rings is 2. The van der Waals surface area contributed by atoms with Gasteiger partial charge in [0.05, 0.1) is 11.5 Å². The molecule has 2 aromatic rings. The van der Waals surface area contributed by atoms with E-state index in [2.05, 4.69) is 39.9 Å². The lowest BCUT2D eigenvalue weighted by Gasteiger charge is -2.36. The fourth-order valence-corrected chi connectivity index (χ4v) is 3.70. The highest BCUT2D eigenvalue weighted by atomic mass is 28.4. The van der Waals surface area contributed by atoms with Gasteiger partial charge in [0, 0.05) is 24.8 Å². The number of hydrogen-bond donors (Lipinski definition) is 0. The maximum absolute atomic E-state index is 10.8. The van der Waals surface area contributed by atoms with E-state index in [9.17, 15) is 10.1 Å². The molecule has 0 aliphatic heterocycles. The quantitative estimate of drug-likeness (QED) is 0.144. The van der Waals surface area contributed by atoms with Gasteiger partial charge in [0.25, 0.3) is 5.69 Å². The van der Waals surface area contributed by atoms with Gasteiger partial charge >= 0.3 is 0 Å². The number of ether oxygens (including phenoxy) is 2. The van der Waals surface area contributed by atoms with Crippen LogP contribution in [0.1, 0.15) is 43.0 Å². The van der Waals surface area contributed by atoms with Gasteiger partial charge in [0.15, 0.2) is 15.1 Å². The van der Waals surface area contributed by atoms with Crippen molar-refractivity contribution < 1.29 is 18.8 Å². The number of nitro benzene ring substituents is 1. The summed E-state index contributed by atoms with van der Waals surface area (Å²) < 4.78 is 17.3. The number of nitro groups is 1. The zero-order valence-corrected chi connectivity index (χ0v) is 20.5. The maximum atomic E-state index is 10.8. The first kappa shape index (κ1) is 24.8. The maximum Gasteiger partial charge on any atom is 0.269 e. The molecular weight excluding hydrogens is 410 g/mol. The summed E-state index contributed by atoms with van der Waals surface area (Å²) in [6.07, 6.45) is 3.87. The van der Waals surface area contributed by atoms with E-state index in [1.165, 1.54) is 12.1 Å². The van der Waals surface area contributed by atoms with Crippen molar-refractivity contribution >= 4 is 26.2 Å². The molecule has 0 spiro atoms. The second-order valence-corrected chi connectivity index (χ2v) is 13.9. The lowest BCUT2D eigenvalue weighted by molar-refractivity contribution is -0.384. The summed E-state index contributed by atoms with van der Waals surface area (Å²) in [5.41, 5.74) is 3.99. The molecule has 0 saturated carbocycles. The summed E-state index contributed by atoms with van der Waals surface area (Å²) >= 11 is 0. The largest absolute Gasteiger partial charge is 0.467 e. The average molecular weight is 444 g/mol. The topological polar surface area (TPSA) is 70.8 Å². The van der Waals surface area contributed by atoms with Crippen LogP contribution >= 0.6 is 0 Å². The van der Waals surface area contributed by atoms with Crippen LogP contribution in [0.2, 0.25) is 18.1 Å². The lowest BCUT2D eigenvalue weighted by Crippen LogP contribution is -2.40. The predicted molar refractivity (Wildman–Crippen MR) is 128 cm³/mol. The van der Waals surface area contributed by atoms with Crippen molar-refractivity contribution in [1.82, 2.24) is 0 Å². The minimum absolute atomic E-state index is 0.0727. The van der Waals surface area contributed by atoms with Gasteiger partial charge in [0.2, 0.25) is 0 Å². The number of rotatable bonds is 9. The molecule has 0 amide bonds. The molecule has 168 valence electrons. The molecule has 0 unspecified atom stereocenters. The molecule has 0 aliphatic carbocycles. The zero-order valence-electron chi connectivity index (χ0n) is 19.5. The third kappa shape index (κ3) is 6.75. The van der Waals surface area contributed by atoms with Crippen molar-refractivity contribution in [3.63, 3.8) is 0 Å². The van der Waals surface area contributed by atoms with Gasteiger partial charge in [-0.05, 0) is 59.9 Å². The summed E-state index contributed by atoms with van der Waals surface area (Å²) in [5.74, 6) is 0.717. The van der Waals surface area contributed by atoms with E-state index in [0.29, 0.717) is 12.4 Å². The molecule has 0 atom stereocenters. The van der Waals surface area contributed by atoms with Gasteiger partial charge in [-0.15, -0.1) is 0 Å². The molecule has 2 rings (SSSR count). The standard InChI is InChI=1S/C24H33NO5Si/c1-18-14-20(16-30-31(6,7)24(2,3)4)15-23(29-17-28-5)22(18)13-10-19-8-11-21(12-9-19)25(26)27/h8-15H,16-17H2,1-7H3/b13-10+. The molecule has 7 heteroatoms. The summed E-state index contributed by atoms with van der Waals surface area (Å²) in [4.78, 5) is 10.4. The smallest absolute Gasteiger partial charge is 0.269 e. The van der Waals surface area contributed by atoms with E-state index in [0.717, 1.165) is 22.3 Å². The van der Waals surface area contributed by atoms with E-state index in [1.807, 2.05) is 25.1 Å². The van der Waals surface area contributed by atoms with Gasteiger partial charge in [-0.25, -0.2) is 0 Å². The molecule has 6 nitrogen and oxygen atoms in total. The van der Waals surface area contributed by atoms with Crippen molar-refractivity contribution in [2.45, 2.75) is 52.4 Å². The van der Waals surface area contributed by atoms with Gasteiger partial charge in [-0.2, -0.15) is 0 Å². The highest BCUT2D eigenvalue weighted by Gasteiger charge is 2.37. The summed E-state index contributed by atoms with van der Waals surface area (Å²) in [5, 5.41) is 11.0. The summed E-state index contributed by atoms with van der Waals surface area (Å²) in [6, 6.07) is 10.5. The van der Waals surface area contributed by atoms with E-state index in [1.54, 1.807) is 19.2 Å². The fourth-order valence-electron chi connectivity index (χ4n) is 2.74. The number of nitrogens with zero attached hydrogens (tertiary/aromatic N) is 1. The Kier molecular flexibility index (Phi) is 8.17. The molecule has 0 aliphatic rings. The van der Waals surface area contributed by atoms with Crippen LogP contribution in [0.25, 0.3) is 12.2 Å². The Morgan fingerprint density at radius 3 is 2.29 bits per heavy atom. The van der Waals surface area contributed by atoms with Gasteiger partial charge in [-0.3, -0.25) is 10.1 Å². The molecule has 0 bridgehead atoms. The second kappa shape index (κ2) is 10.2. The molecule has 0 aromatic heterocycles. The van der Waals surface area contributed by atoms with Crippen LogP contribution in [0.3, 0.4) is 0 Å². The van der Waals surface area contributed by atoms with Crippen molar-refractivity contribution in [2.24, 2.45) is 0 Å². The monoisotopic (exact) mass is 443 g/mol. The van der Waals surface area contributed by atoms with E-state index >= 15 is 0 Å². The van der Waals surface area contributed by atoms with Crippen LogP contribution < -0.4 is 4.74 Å². The summed E-state index contributed by atoms with van der Waals surface area (Å²) in [7, 11) is -0.274. The van der Waals surface area contributed by atoms with Crippen LogP contribution in [0, 0.1) is 17.0 Å². The first-order valence-electron chi connectivity index (χ1n) is 10.3. The fraction of sp³-hybridized carbons (Fsp3) is 0.417. The first-order chi connectivity index (χ1) is 14.4. The van der Waals surface area contributed by atoms with Crippen LogP contribution in [0.5, 0.6) is 5.75 Å². The Labute approximate surface area is 186 Å². The van der Waals surface area contributed by atoms with Gasteiger partial charge in [-0.1, -0.05) is 39.0 Å². The minimum Gasteiger partial charge on any atom is -0.467 e. The SMILES string of the molecule is COCOc1cc(CO[Si](C)(C)C(C)(C)C)cc(C)c1/C=C/c1ccc([N+](=O)[O-])cc1. The Hall–Kier alpha value is -2.48. The zero-order chi connectivity index (χ0) is 23.2. The van der Waals surface area contributed by atoms with Crippen LogP contribution in [0.4, 0.5) is 5.69 Å². The third-order valence-corrected chi connectivity index (χ3v) is 10.2. The first-order valence-corrected chi connectivity index (χ1v) is 13.2. The van der Waals surface area contributed by atoms with Crippen molar-refractivity contribution in [3.05, 3.63) is 68.8 Å². The molecular formula is C24H33NO5Si. The molecule has 0 fully saturated rings. The number of hydrogen-bond acceptors (Lipinski definition) is 5. The predicted octanol–water partition coefficient (Wildman–Crippen LogP) is 6.58. The average Bonchev–Trinajstić information content (AvgIpc) is 2.69. The second-order valence-electron chi connectivity index (χ2n) is 9.11. The normalized spacial score (nSPS) is 12.4. The third-order valence-electron chi connectivity index (χ3n) is 5.69. The highest BCUT2D eigenvalue weighted by Crippen LogP contribution is 2.37. The molecule has 0 saturated heterocycles. The van der Waals surface area contributed by atoms with E-state index < -0.39 is 13.2 Å². The van der Waals surface area contributed by atoms with Crippen LogP contribution in [-0.4, -0.2) is 27.1 Å². The molecule has 0 heterocycles. The highest BCUT2D eigenvalue weighted by molar-refractivity contribution is 6.74. The number of non-ortho nitro benzene ring substituents is 1. The Morgan fingerprint density at radius 1 is 1.10 bits per heavy atom. The Bertz CT molecular complexity index is 930. The summed E-state index contributed by atoms with van der Waals surface area (Å²) in [6.45, 7) is 13.9. The minimum atomic E-state index is -1.86. The van der Waals surface area contributed by atoms with E-state index in [4.69, 9.17) is 13.9 Å². The van der Waals surface area contributed by atoms with Crippen LogP contribution in [0.15, 0.2) is 36.4 Å². The van der Waals surface area contributed by atoms with Crippen LogP contribution in [-0.2, 0) is 15.8 Å². The number of methoxy groups -OCH3 is 1. The van der Waals surface area contributed by atoms with Crippen molar-refractivity contribution in [3.8, 4) is 5.75 Å². The van der Waals surface area contributed by atoms with E-state index in [-0.39, 0.29) is 17.5 Å². The molecule has 0 N–H and O–H groups in total. The van der Waals surface area contributed by atoms with Gasteiger partial charge < -0.3 is 13.9 Å². The molecule has 2 aromatic carbocycles. The molecule has 0 radical (unpaired) electrons. The number of aryl methyl sites for hydroxylation is 1. The van der Waals surface area contributed by atoms with Crippen molar-refractivity contribution in [1.29, 1.82) is 0 Å². The molecule has 31 heavy (non-hydrogen) atoms. The Balaban J connectivity index is 2.29. The van der Waals surface area contributed by atoms with Crippen molar-refractivity contribution in [2.75, 3.05) is 13.9 Å².